The first-order chi connectivity index (χ1) is 9.90. The van der Waals surface area contributed by atoms with Crippen molar-refractivity contribution in [1.82, 2.24) is 10.2 Å². The van der Waals surface area contributed by atoms with Crippen molar-refractivity contribution in [3.05, 3.63) is 45.6 Å². The van der Waals surface area contributed by atoms with E-state index < -0.39 is 29.4 Å². The van der Waals surface area contributed by atoms with Crippen LogP contribution in [0.1, 0.15) is 5.56 Å². The lowest BCUT2D eigenvalue weighted by atomic mass is 10.1. The molecule has 108 valence electrons. The van der Waals surface area contributed by atoms with Crippen LogP contribution in [0.15, 0.2) is 30.0 Å². The number of carboxylic acids is 1. The number of carbonyl (C=O) groups excluding carboxylic acids is 2. The number of nitrogens with zero attached hydrogens (tertiary/aromatic N) is 2. The van der Waals surface area contributed by atoms with Crippen molar-refractivity contribution in [1.29, 1.82) is 0 Å². The highest BCUT2D eigenvalue weighted by Gasteiger charge is 2.35. The average molecular weight is 291 g/mol. The molecule has 9 heteroatoms. The highest BCUT2D eigenvalue weighted by Crippen LogP contribution is 2.22. The van der Waals surface area contributed by atoms with Gasteiger partial charge in [-0.1, -0.05) is 12.1 Å². The molecule has 1 aliphatic heterocycles. The van der Waals surface area contributed by atoms with Gasteiger partial charge in [-0.2, -0.15) is 0 Å². The molecular formula is C12H9N3O6. The zero-order chi connectivity index (χ0) is 15.6. The molecule has 1 aromatic carbocycles. The summed E-state index contributed by atoms with van der Waals surface area (Å²) in [6, 6.07) is 4.78. The Kier molecular flexibility index (Phi) is 3.65. The van der Waals surface area contributed by atoms with E-state index in [1.807, 2.05) is 0 Å². The molecule has 1 fully saturated rings. The number of benzene rings is 1. The molecule has 21 heavy (non-hydrogen) atoms. The highest BCUT2D eigenvalue weighted by atomic mass is 16.6. The van der Waals surface area contributed by atoms with E-state index in [4.69, 9.17) is 5.11 Å². The maximum Gasteiger partial charge on any atom is 0.329 e. The van der Waals surface area contributed by atoms with E-state index in [1.54, 1.807) is 0 Å². The Morgan fingerprint density at radius 2 is 2.05 bits per heavy atom. The summed E-state index contributed by atoms with van der Waals surface area (Å²) >= 11 is 0. The van der Waals surface area contributed by atoms with Crippen LogP contribution in [0, 0.1) is 10.1 Å². The van der Waals surface area contributed by atoms with Crippen LogP contribution in [0.5, 0.6) is 0 Å². The summed E-state index contributed by atoms with van der Waals surface area (Å²) in [5, 5.41) is 21.7. The minimum Gasteiger partial charge on any atom is -0.480 e. The van der Waals surface area contributed by atoms with Gasteiger partial charge in [-0.05, 0) is 12.1 Å². The summed E-state index contributed by atoms with van der Waals surface area (Å²) in [6.07, 6.45) is 1.14. The maximum atomic E-state index is 11.9. The summed E-state index contributed by atoms with van der Waals surface area (Å²) in [5.41, 5.74) is -0.317. The fourth-order valence-corrected chi connectivity index (χ4v) is 1.78. The molecule has 0 spiro atoms. The standard InChI is InChI=1S/C12H9N3O6/c16-10(17)6-14-11(18)8(13-12(14)19)5-7-3-1-2-4-9(7)15(20)21/h1-5H,6H2,(H,13,19)(H,16,17)/b8-5+. The summed E-state index contributed by atoms with van der Waals surface area (Å²) < 4.78 is 0. The van der Waals surface area contributed by atoms with E-state index in [-0.39, 0.29) is 16.9 Å². The second-order valence-electron chi connectivity index (χ2n) is 4.09. The number of hydrogen-bond donors (Lipinski definition) is 2. The number of carboxylic acid groups (broad SMARTS) is 1. The number of aliphatic carboxylic acids is 1. The topological polar surface area (TPSA) is 130 Å². The quantitative estimate of drug-likeness (QED) is 0.361. The minimum absolute atomic E-state index is 0.128. The Balaban J connectivity index is 2.35. The number of hydrogen-bond acceptors (Lipinski definition) is 5. The van der Waals surface area contributed by atoms with Crippen molar-refractivity contribution in [3.63, 3.8) is 0 Å². The van der Waals surface area contributed by atoms with Crippen molar-refractivity contribution in [3.8, 4) is 0 Å². The van der Waals surface area contributed by atoms with Crippen LogP contribution in [-0.2, 0) is 9.59 Å². The Morgan fingerprint density at radius 3 is 2.67 bits per heavy atom. The lowest BCUT2D eigenvalue weighted by Crippen LogP contribution is -2.35. The van der Waals surface area contributed by atoms with E-state index in [2.05, 4.69) is 5.32 Å². The first kappa shape index (κ1) is 14.2. The second-order valence-corrected chi connectivity index (χ2v) is 4.09. The third-order valence-corrected chi connectivity index (χ3v) is 2.69. The Labute approximate surface area is 117 Å². The number of para-hydroxylation sites is 1. The fraction of sp³-hybridized carbons (Fsp3) is 0.0833. The van der Waals surface area contributed by atoms with Gasteiger partial charge < -0.3 is 10.4 Å². The van der Waals surface area contributed by atoms with E-state index >= 15 is 0 Å². The molecule has 2 N–H and O–H groups in total. The van der Waals surface area contributed by atoms with Gasteiger partial charge in [-0.25, -0.2) is 9.69 Å². The van der Waals surface area contributed by atoms with Crippen molar-refractivity contribution < 1.29 is 24.4 Å². The Bertz CT molecular complexity index is 681. The van der Waals surface area contributed by atoms with E-state index in [0.717, 1.165) is 6.08 Å². The van der Waals surface area contributed by atoms with Gasteiger partial charge >= 0.3 is 12.0 Å². The molecule has 1 aliphatic rings. The molecule has 1 aromatic rings. The molecule has 0 bridgehead atoms. The molecule has 0 aliphatic carbocycles. The number of nitro benzene ring substituents is 1. The lowest BCUT2D eigenvalue weighted by Gasteiger charge is -2.06. The second kappa shape index (κ2) is 5.41. The minimum atomic E-state index is -1.34. The first-order valence-corrected chi connectivity index (χ1v) is 5.70. The van der Waals surface area contributed by atoms with E-state index in [1.165, 1.54) is 24.3 Å². The van der Waals surface area contributed by atoms with E-state index in [9.17, 15) is 24.5 Å². The van der Waals surface area contributed by atoms with Gasteiger partial charge in [0.1, 0.15) is 12.2 Å². The first-order valence-electron chi connectivity index (χ1n) is 5.70. The molecule has 0 radical (unpaired) electrons. The maximum absolute atomic E-state index is 11.9. The molecule has 0 atom stereocenters. The predicted octanol–water partition coefficient (Wildman–Crippen LogP) is 0.572. The van der Waals surface area contributed by atoms with Crippen LogP contribution in [-0.4, -0.2) is 39.4 Å². The number of imide groups is 1. The third-order valence-electron chi connectivity index (χ3n) is 2.69. The molecule has 1 saturated heterocycles. The van der Waals surface area contributed by atoms with Crippen LogP contribution in [0.25, 0.3) is 6.08 Å². The zero-order valence-corrected chi connectivity index (χ0v) is 10.5. The Hall–Kier alpha value is -3.23. The van der Waals surface area contributed by atoms with Crippen molar-refractivity contribution >= 4 is 29.7 Å². The van der Waals surface area contributed by atoms with Gasteiger partial charge in [-0.3, -0.25) is 19.7 Å². The monoisotopic (exact) mass is 291 g/mol. The van der Waals surface area contributed by atoms with Crippen LogP contribution in [0.4, 0.5) is 10.5 Å². The van der Waals surface area contributed by atoms with Gasteiger partial charge in [0, 0.05) is 6.07 Å². The summed E-state index contributed by atoms with van der Waals surface area (Å²) in [7, 11) is 0. The molecule has 3 amide bonds. The van der Waals surface area contributed by atoms with Crippen LogP contribution in [0.3, 0.4) is 0 Å². The summed E-state index contributed by atoms with van der Waals surface area (Å²) in [4.78, 5) is 44.7. The highest BCUT2D eigenvalue weighted by molar-refractivity contribution is 6.15. The van der Waals surface area contributed by atoms with Crippen molar-refractivity contribution in [2.75, 3.05) is 6.54 Å². The SMILES string of the molecule is O=C(O)CN1C(=O)N/C(=C/c2ccccc2[N+](=O)[O-])C1=O. The number of nitro groups is 1. The van der Waals surface area contributed by atoms with Gasteiger partial charge in [-0.15, -0.1) is 0 Å². The zero-order valence-electron chi connectivity index (χ0n) is 10.5. The molecule has 0 aromatic heterocycles. The predicted molar refractivity (Wildman–Crippen MR) is 69.0 cm³/mol. The van der Waals surface area contributed by atoms with Crippen molar-refractivity contribution in [2.24, 2.45) is 0 Å². The number of amides is 3. The smallest absolute Gasteiger partial charge is 0.329 e. The van der Waals surface area contributed by atoms with Gasteiger partial charge in [0.15, 0.2) is 0 Å². The average Bonchev–Trinajstić information content (AvgIpc) is 2.66. The van der Waals surface area contributed by atoms with E-state index in [0.29, 0.717) is 4.90 Å². The van der Waals surface area contributed by atoms with Gasteiger partial charge in [0.05, 0.1) is 10.5 Å². The fourth-order valence-electron chi connectivity index (χ4n) is 1.78. The molecule has 0 saturated carbocycles. The van der Waals surface area contributed by atoms with Gasteiger partial charge in [0.25, 0.3) is 11.6 Å². The number of urea groups is 1. The largest absolute Gasteiger partial charge is 0.480 e. The number of nitrogens with one attached hydrogen (secondary N) is 1. The number of carbonyl (C=O) groups is 3. The molecule has 2 rings (SSSR count). The third kappa shape index (κ3) is 2.86. The Morgan fingerprint density at radius 1 is 1.38 bits per heavy atom. The lowest BCUT2D eigenvalue weighted by molar-refractivity contribution is -0.385. The summed E-state index contributed by atoms with van der Waals surface area (Å²) in [5.74, 6) is -2.19. The summed E-state index contributed by atoms with van der Waals surface area (Å²) in [6.45, 7) is -0.779. The van der Waals surface area contributed by atoms with Crippen LogP contribution < -0.4 is 5.32 Å². The van der Waals surface area contributed by atoms with Crippen LogP contribution >= 0.6 is 0 Å². The number of rotatable bonds is 4. The van der Waals surface area contributed by atoms with Gasteiger partial charge in [0.2, 0.25) is 0 Å². The molecule has 1 heterocycles. The molecule has 9 nitrogen and oxygen atoms in total. The van der Waals surface area contributed by atoms with Crippen molar-refractivity contribution in [2.45, 2.75) is 0 Å². The normalized spacial score (nSPS) is 16.2. The molecule has 0 unspecified atom stereocenters. The van der Waals surface area contributed by atoms with Crippen LogP contribution in [0.2, 0.25) is 0 Å². The molecular weight excluding hydrogens is 282 g/mol.